The van der Waals surface area contributed by atoms with E-state index in [0.717, 1.165) is 0 Å². The van der Waals surface area contributed by atoms with E-state index >= 15 is 0 Å². The quantitative estimate of drug-likeness (QED) is 0.552. The highest BCUT2D eigenvalue weighted by Gasteiger charge is 2.26. The monoisotopic (exact) mass is 342 g/mol. The van der Waals surface area contributed by atoms with Crippen LogP contribution in [0, 0.1) is 5.41 Å². The van der Waals surface area contributed by atoms with Crippen molar-refractivity contribution in [2.24, 2.45) is 15.4 Å². The maximum Gasteiger partial charge on any atom is 0.0898 e. The van der Waals surface area contributed by atoms with E-state index in [0.29, 0.717) is 12.1 Å². The lowest BCUT2D eigenvalue weighted by Crippen LogP contribution is -2.37. The maximum atomic E-state index is 8.50. The molecule has 0 amide bonds. The van der Waals surface area contributed by atoms with Gasteiger partial charge in [0.2, 0.25) is 0 Å². The second kappa shape index (κ2) is 12.6. The lowest BCUT2D eigenvalue weighted by Gasteiger charge is -2.23. The maximum absolute atomic E-state index is 8.50. The number of aliphatic hydroxyl groups is 4. The molecular weight excluding hydrogens is 308 g/mol. The first-order valence-corrected chi connectivity index (χ1v) is 9.28. The molecule has 0 bridgehead atoms. The number of hydrogen-bond acceptors (Lipinski definition) is 6. The van der Waals surface area contributed by atoms with E-state index in [1.807, 2.05) is 0 Å². The molecule has 0 saturated heterocycles. The average Bonchev–Trinajstić information content (AvgIpc) is 2.66. The Balaban J connectivity index is 0.000000277. The predicted molar refractivity (Wildman–Crippen MR) is 94.4 cm³/mol. The van der Waals surface area contributed by atoms with Gasteiger partial charge in [0.15, 0.2) is 0 Å². The van der Waals surface area contributed by atoms with Crippen LogP contribution in [0.5, 0.6) is 0 Å². The average molecular weight is 342 g/mol. The molecule has 140 valence electrons. The molecule has 6 heteroatoms. The second-order valence-electron chi connectivity index (χ2n) is 7.07. The summed E-state index contributed by atoms with van der Waals surface area (Å²) >= 11 is 0. The summed E-state index contributed by atoms with van der Waals surface area (Å²) in [5, 5.41) is 34.0. The molecule has 2 aliphatic rings. The molecule has 4 N–H and O–H groups in total. The van der Waals surface area contributed by atoms with Crippen LogP contribution in [-0.2, 0) is 0 Å². The van der Waals surface area contributed by atoms with Crippen LogP contribution < -0.4 is 0 Å². The molecule has 0 atom stereocenters. The minimum absolute atomic E-state index is 0.406. The first-order valence-electron chi connectivity index (χ1n) is 9.28. The summed E-state index contributed by atoms with van der Waals surface area (Å²) in [4.78, 5) is 8.92. The van der Waals surface area contributed by atoms with E-state index in [2.05, 4.69) is 16.0 Å². The minimum atomic E-state index is -1.11. The van der Waals surface area contributed by atoms with Crippen molar-refractivity contribution in [2.45, 2.75) is 76.3 Å². The Kier molecular flexibility index (Phi) is 11.1. The molecule has 0 spiro atoms. The van der Waals surface area contributed by atoms with E-state index in [1.54, 1.807) is 0 Å². The zero-order chi connectivity index (χ0) is 17.7. The van der Waals surface area contributed by atoms with Gasteiger partial charge in [-0.25, -0.2) is 9.98 Å². The zero-order valence-electron chi connectivity index (χ0n) is 14.7. The summed E-state index contributed by atoms with van der Waals surface area (Å²) < 4.78 is 0. The predicted octanol–water partition coefficient (Wildman–Crippen LogP) is 1.77. The summed E-state index contributed by atoms with van der Waals surface area (Å²) in [6.45, 7) is -1.62. The Morgan fingerprint density at radius 3 is 1.21 bits per heavy atom. The van der Waals surface area contributed by atoms with Crippen molar-refractivity contribution in [1.82, 2.24) is 0 Å². The fraction of sp³-hybridized carbons (Fsp3) is 0.944. The van der Waals surface area contributed by atoms with Gasteiger partial charge in [0, 0.05) is 0 Å². The highest BCUT2D eigenvalue weighted by molar-refractivity contribution is 5.42. The molecule has 6 nitrogen and oxygen atoms in total. The molecule has 0 radical (unpaired) electrons. The third-order valence-corrected chi connectivity index (χ3v) is 4.97. The number of hydrogen-bond donors (Lipinski definition) is 4. The van der Waals surface area contributed by atoms with Crippen LogP contribution >= 0.6 is 0 Å². The van der Waals surface area contributed by atoms with Gasteiger partial charge in [-0.3, -0.25) is 0 Å². The van der Waals surface area contributed by atoms with Crippen LogP contribution in [0.15, 0.2) is 9.98 Å². The lowest BCUT2D eigenvalue weighted by molar-refractivity contribution is -0.0328. The van der Waals surface area contributed by atoms with Gasteiger partial charge in [0.1, 0.15) is 0 Å². The van der Waals surface area contributed by atoms with Crippen LogP contribution in [0.1, 0.15) is 64.2 Å². The van der Waals surface area contributed by atoms with Gasteiger partial charge in [-0.05, 0) is 25.7 Å². The Morgan fingerprint density at radius 1 is 0.625 bits per heavy atom. The van der Waals surface area contributed by atoms with Crippen molar-refractivity contribution in [2.75, 3.05) is 26.4 Å². The zero-order valence-corrected chi connectivity index (χ0v) is 14.7. The normalized spacial score (nSPS) is 19.8. The number of aliphatic imine (C=N–C) groups is 2. The summed E-state index contributed by atoms with van der Waals surface area (Å²) in [7, 11) is 0. The minimum Gasteiger partial charge on any atom is -0.396 e. The van der Waals surface area contributed by atoms with Crippen molar-refractivity contribution >= 4 is 6.01 Å². The smallest absolute Gasteiger partial charge is 0.0898 e. The van der Waals surface area contributed by atoms with Gasteiger partial charge in [-0.1, -0.05) is 38.5 Å². The van der Waals surface area contributed by atoms with E-state index in [9.17, 15) is 0 Å². The van der Waals surface area contributed by atoms with Crippen molar-refractivity contribution in [3.05, 3.63) is 0 Å². The Hall–Kier alpha value is -0.780. The van der Waals surface area contributed by atoms with Gasteiger partial charge in [0.25, 0.3) is 0 Å². The Morgan fingerprint density at radius 2 is 0.958 bits per heavy atom. The third-order valence-electron chi connectivity index (χ3n) is 4.97. The standard InChI is InChI=1S/C13H22N2.C5H12O4/c1-3-7-12(8-4-1)14-11-15-13-9-5-2-6-10-13;6-1-5(2-7,3-8)4-9/h12-13H,1-10H2;6-9H,1-4H2. The molecule has 0 unspecified atom stereocenters. The Labute approximate surface area is 145 Å². The molecule has 2 rings (SSSR count). The van der Waals surface area contributed by atoms with Crippen LogP contribution in [0.2, 0.25) is 0 Å². The van der Waals surface area contributed by atoms with Crippen LogP contribution in [0.4, 0.5) is 0 Å². The van der Waals surface area contributed by atoms with Crippen LogP contribution in [-0.4, -0.2) is 64.9 Å². The molecule has 0 aromatic rings. The van der Waals surface area contributed by atoms with Crippen molar-refractivity contribution in [1.29, 1.82) is 0 Å². The highest BCUT2D eigenvalue weighted by Crippen LogP contribution is 2.21. The van der Waals surface area contributed by atoms with E-state index in [1.165, 1.54) is 64.2 Å². The lowest BCUT2D eigenvalue weighted by atomic mass is 9.93. The first kappa shape index (κ1) is 21.3. The van der Waals surface area contributed by atoms with E-state index in [4.69, 9.17) is 20.4 Å². The summed E-state index contributed by atoms with van der Waals surface area (Å²) in [6.07, 6.45) is 13.2. The first-order chi connectivity index (χ1) is 11.7. The Bertz CT molecular complexity index is 328. The fourth-order valence-corrected chi connectivity index (χ4v) is 2.92. The van der Waals surface area contributed by atoms with Gasteiger partial charge < -0.3 is 20.4 Å². The van der Waals surface area contributed by atoms with Gasteiger partial charge >= 0.3 is 0 Å². The van der Waals surface area contributed by atoms with Gasteiger partial charge in [0.05, 0.1) is 49.9 Å². The molecule has 0 heterocycles. The molecule has 24 heavy (non-hydrogen) atoms. The molecule has 0 aromatic carbocycles. The summed E-state index contributed by atoms with van der Waals surface area (Å²) in [6, 6.07) is 4.04. The van der Waals surface area contributed by atoms with Crippen molar-refractivity contribution in [3.8, 4) is 0 Å². The van der Waals surface area contributed by atoms with Gasteiger partial charge in [-0.15, -0.1) is 0 Å². The number of rotatable bonds is 6. The number of nitrogens with zero attached hydrogens (tertiary/aromatic N) is 2. The van der Waals surface area contributed by atoms with Gasteiger partial charge in [-0.2, -0.15) is 0 Å². The topological polar surface area (TPSA) is 106 Å². The van der Waals surface area contributed by atoms with Crippen LogP contribution in [0.25, 0.3) is 0 Å². The summed E-state index contributed by atoms with van der Waals surface area (Å²) in [5.41, 5.74) is -1.11. The number of aliphatic hydroxyl groups excluding tert-OH is 4. The second-order valence-corrected chi connectivity index (χ2v) is 7.07. The molecule has 0 aliphatic heterocycles. The molecule has 2 aliphatic carbocycles. The largest absolute Gasteiger partial charge is 0.396 e. The fourth-order valence-electron chi connectivity index (χ4n) is 2.92. The van der Waals surface area contributed by atoms with Crippen molar-refractivity contribution in [3.63, 3.8) is 0 Å². The molecule has 0 aromatic heterocycles. The molecular formula is C18H34N2O4. The van der Waals surface area contributed by atoms with E-state index < -0.39 is 31.8 Å². The van der Waals surface area contributed by atoms with Crippen LogP contribution in [0.3, 0.4) is 0 Å². The molecule has 2 fully saturated rings. The van der Waals surface area contributed by atoms with E-state index in [-0.39, 0.29) is 0 Å². The third kappa shape index (κ3) is 7.86. The highest BCUT2D eigenvalue weighted by atomic mass is 16.3. The molecule has 2 saturated carbocycles. The summed E-state index contributed by atoms with van der Waals surface area (Å²) in [5.74, 6) is 0. The SMILES string of the molecule is C(=NC1CCCCC1)=NC1CCCCC1.OCC(CO)(CO)CO. The van der Waals surface area contributed by atoms with Crippen molar-refractivity contribution < 1.29 is 20.4 Å².